The summed E-state index contributed by atoms with van der Waals surface area (Å²) in [6.45, 7) is 9.15. The second-order valence-electron chi connectivity index (χ2n) is 7.02. The number of carbonyl (C=O) groups excluding carboxylic acids is 2. The van der Waals surface area contributed by atoms with Gasteiger partial charge in [0.2, 0.25) is 5.91 Å². The van der Waals surface area contributed by atoms with Gasteiger partial charge in [0.1, 0.15) is 5.70 Å². The molecule has 0 aliphatic carbocycles. The molecule has 25 heavy (non-hydrogen) atoms. The van der Waals surface area contributed by atoms with Gasteiger partial charge in [-0.25, -0.2) is 0 Å². The number of thioether (sulfide) groups is 1. The zero-order valence-corrected chi connectivity index (χ0v) is 15.9. The first-order valence-corrected chi connectivity index (χ1v) is 9.91. The molecule has 0 aromatic heterocycles. The van der Waals surface area contributed by atoms with Crippen molar-refractivity contribution < 1.29 is 9.59 Å². The van der Waals surface area contributed by atoms with Crippen molar-refractivity contribution in [1.82, 2.24) is 20.4 Å². The zero-order chi connectivity index (χ0) is 18.0. The Hall–Kier alpha value is -1.54. The lowest BCUT2D eigenvalue weighted by atomic mass is 10.1. The molecule has 0 unspecified atom stereocenters. The number of rotatable bonds is 6. The summed E-state index contributed by atoms with van der Waals surface area (Å²) in [7, 11) is 0. The average Bonchev–Trinajstić information content (AvgIpc) is 3.21. The smallest absolute Gasteiger partial charge is 0.268 e. The zero-order valence-electron chi connectivity index (χ0n) is 15.1. The topological polar surface area (TPSA) is 77.0 Å². The fraction of sp³-hybridized carbons (Fsp3) is 0.706. The van der Waals surface area contributed by atoms with Crippen molar-refractivity contribution in [2.45, 2.75) is 51.7 Å². The normalized spacial score (nSPS) is 25.8. The lowest BCUT2D eigenvalue weighted by molar-refractivity contribution is -0.126. The molecule has 7 nitrogen and oxygen atoms in total. The van der Waals surface area contributed by atoms with E-state index < -0.39 is 0 Å². The summed E-state index contributed by atoms with van der Waals surface area (Å²) in [4.78, 5) is 33.7. The molecule has 3 rings (SSSR count). The van der Waals surface area contributed by atoms with E-state index in [0.717, 1.165) is 37.8 Å². The Morgan fingerprint density at radius 1 is 1.44 bits per heavy atom. The van der Waals surface area contributed by atoms with Crippen molar-refractivity contribution in [3.05, 3.63) is 11.1 Å². The molecule has 0 aromatic rings. The van der Waals surface area contributed by atoms with Gasteiger partial charge in [-0.2, -0.15) is 0 Å². The first-order chi connectivity index (χ1) is 12.0. The Kier molecular flexibility index (Phi) is 5.68. The molecular formula is C17H27N5O2S. The molecule has 2 N–H and O–H groups in total. The second kappa shape index (κ2) is 7.78. The lowest BCUT2D eigenvalue weighted by Gasteiger charge is -2.23. The van der Waals surface area contributed by atoms with Crippen LogP contribution in [0.1, 0.15) is 33.6 Å². The highest BCUT2D eigenvalue weighted by molar-refractivity contribution is 8.16. The SMILES string of the molecule is CCCN1C[C@H](NC(=O)C2=CSC3=NCCN23)C[C@H]1C(=O)NC(C)C. The van der Waals surface area contributed by atoms with Crippen molar-refractivity contribution in [2.24, 2.45) is 4.99 Å². The van der Waals surface area contributed by atoms with Crippen LogP contribution in [-0.2, 0) is 9.59 Å². The van der Waals surface area contributed by atoms with Crippen LogP contribution in [0, 0.1) is 0 Å². The highest BCUT2D eigenvalue weighted by Gasteiger charge is 2.38. The number of amidine groups is 1. The maximum atomic E-state index is 12.7. The van der Waals surface area contributed by atoms with E-state index in [1.54, 1.807) is 0 Å². The van der Waals surface area contributed by atoms with E-state index in [2.05, 4.69) is 27.4 Å². The second-order valence-corrected chi connectivity index (χ2v) is 7.85. The predicted octanol–water partition coefficient (Wildman–Crippen LogP) is 0.740. The monoisotopic (exact) mass is 365 g/mol. The Labute approximate surface area is 153 Å². The Bertz CT molecular complexity index is 604. The van der Waals surface area contributed by atoms with Crippen molar-refractivity contribution in [3.63, 3.8) is 0 Å². The summed E-state index contributed by atoms with van der Waals surface area (Å²) in [6.07, 6.45) is 1.65. The standard InChI is InChI=1S/C17H27N5O2S/c1-4-6-21-9-12(8-13(21)15(23)19-11(2)3)20-16(24)14-10-25-17-18-5-7-22(14)17/h10-13H,4-9H2,1-3H3,(H,19,23)(H,20,24)/t12-,13+/m1/s1. The minimum Gasteiger partial charge on any atom is -0.353 e. The molecule has 0 saturated carbocycles. The molecule has 2 amide bonds. The Morgan fingerprint density at radius 3 is 2.96 bits per heavy atom. The molecule has 2 atom stereocenters. The molecule has 138 valence electrons. The van der Waals surface area contributed by atoms with Crippen molar-refractivity contribution >= 4 is 28.7 Å². The van der Waals surface area contributed by atoms with E-state index >= 15 is 0 Å². The largest absolute Gasteiger partial charge is 0.353 e. The van der Waals surface area contributed by atoms with E-state index in [4.69, 9.17) is 0 Å². The van der Waals surface area contributed by atoms with Crippen LogP contribution < -0.4 is 10.6 Å². The molecule has 8 heteroatoms. The molecular weight excluding hydrogens is 338 g/mol. The van der Waals surface area contributed by atoms with Crippen molar-refractivity contribution in [3.8, 4) is 0 Å². The fourth-order valence-corrected chi connectivity index (χ4v) is 4.49. The lowest BCUT2D eigenvalue weighted by Crippen LogP contribution is -2.45. The molecule has 3 heterocycles. The molecule has 0 radical (unpaired) electrons. The summed E-state index contributed by atoms with van der Waals surface area (Å²) in [5, 5.41) is 8.91. The van der Waals surface area contributed by atoms with Gasteiger partial charge in [0.25, 0.3) is 5.91 Å². The summed E-state index contributed by atoms with van der Waals surface area (Å²) >= 11 is 1.51. The van der Waals surface area contributed by atoms with Crippen LogP contribution in [0.3, 0.4) is 0 Å². The first kappa shape index (κ1) is 18.3. The molecule has 3 aliphatic heterocycles. The molecule has 1 saturated heterocycles. The van der Waals surface area contributed by atoms with Crippen LogP contribution in [0.5, 0.6) is 0 Å². The number of likely N-dealkylation sites (tertiary alicyclic amines) is 1. The number of carbonyl (C=O) groups is 2. The van der Waals surface area contributed by atoms with Gasteiger partial charge in [-0.05, 0) is 33.2 Å². The van der Waals surface area contributed by atoms with E-state index in [1.807, 2.05) is 24.2 Å². The number of amides is 2. The van der Waals surface area contributed by atoms with E-state index in [9.17, 15) is 9.59 Å². The molecule has 0 bridgehead atoms. The third-order valence-electron chi connectivity index (χ3n) is 4.58. The number of fused-ring (bicyclic) bond motifs is 1. The van der Waals surface area contributed by atoms with Gasteiger partial charge >= 0.3 is 0 Å². The number of nitrogens with one attached hydrogen (secondary N) is 2. The molecule has 3 aliphatic rings. The van der Waals surface area contributed by atoms with Gasteiger partial charge in [0, 0.05) is 30.6 Å². The maximum Gasteiger partial charge on any atom is 0.268 e. The molecule has 0 spiro atoms. The van der Waals surface area contributed by atoms with Gasteiger partial charge in [-0.1, -0.05) is 18.7 Å². The van der Waals surface area contributed by atoms with Crippen LogP contribution in [0.25, 0.3) is 0 Å². The third kappa shape index (κ3) is 4.00. The number of aliphatic imine (C=N–C) groups is 1. The van der Waals surface area contributed by atoms with Gasteiger partial charge in [-0.3, -0.25) is 19.5 Å². The van der Waals surface area contributed by atoms with E-state index in [0.29, 0.717) is 12.1 Å². The molecule has 1 fully saturated rings. The average molecular weight is 366 g/mol. The number of hydrogen-bond acceptors (Lipinski definition) is 6. The van der Waals surface area contributed by atoms with E-state index in [1.165, 1.54) is 11.8 Å². The molecule has 0 aromatic carbocycles. The minimum atomic E-state index is -0.163. The number of hydrogen-bond donors (Lipinski definition) is 2. The highest BCUT2D eigenvalue weighted by atomic mass is 32.2. The quantitative estimate of drug-likeness (QED) is 0.726. The summed E-state index contributed by atoms with van der Waals surface area (Å²) in [5.41, 5.74) is 0.679. The van der Waals surface area contributed by atoms with Gasteiger partial charge < -0.3 is 15.5 Å². The minimum absolute atomic E-state index is 0.00328. The van der Waals surface area contributed by atoms with Gasteiger partial charge in [-0.15, -0.1) is 0 Å². The van der Waals surface area contributed by atoms with E-state index in [-0.39, 0.29) is 29.9 Å². The van der Waals surface area contributed by atoms with Gasteiger partial charge in [0.05, 0.1) is 12.6 Å². The van der Waals surface area contributed by atoms with Crippen LogP contribution in [-0.4, -0.2) is 71.1 Å². The van der Waals surface area contributed by atoms with Crippen LogP contribution in [0.15, 0.2) is 16.1 Å². The van der Waals surface area contributed by atoms with Crippen LogP contribution >= 0.6 is 11.8 Å². The van der Waals surface area contributed by atoms with Gasteiger partial charge in [0.15, 0.2) is 5.17 Å². The Morgan fingerprint density at radius 2 is 2.24 bits per heavy atom. The third-order valence-corrected chi connectivity index (χ3v) is 5.49. The van der Waals surface area contributed by atoms with Crippen molar-refractivity contribution in [2.75, 3.05) is 26.2 Å². The summed E-state index contributed by atoms with van der Waals surface area (Å²) in [6, 6.07) is -0.0434. The van der Waals surface area contributed by atoms with Crippen LogP contribution in [0.4, 0.5) is 0 Å². The Balaban J connectivity index is 1.60. The number of nitrogens with zero attached hydrogens (tertiary/aromatic N) is 3. The first-order valence-electron chi connectivity index (χ1n) is 9.03. The predicted molar refractivity (Wildman–Crippen MR) is 100 cm³/mol. The summed E-state index contributed by atoms with van der Waals surface area (Å²) in [5.74, 6) is -0.00392. The fourth-order valence-electron chi connectivity index (χ4n) is 3.55. The highest BCUT2D eigenvalue weighted by Crippen LogP contribution is 2.29. The van der Waals surface area contributed by atoms with Crippen molar-refractivity contribution in [1.29, 1.82) is 0 Å². The summed E-state index contributed by atoms with van der Waals surface area (Å²) < 4.78 is 0. The maximum absolute atomic E-state index is 12.7. The van der Waals surface area contributed by atoms with Crippen LogP contribution in [0.2, 0.25) is 0 Å².